The van der Waals surface area contributed by atoms with Gasteiger partial charge in [-0.05, 0) is 12.1 Å². The van der Waals surface area contributed by atoms with Gasteiger partial charge in [0.15, 0.2) is 0 Å². The van der Waals surface area contributed by atoms with Crippen LogP contribution < -0.4 is 0 Å². The van der Waals surface area contributed by atoms with E-state index in [0.29, 0.717) is 0 Å². The number of rotatable bonds is 1. The van der Waals surface area contributed by atoms with Crippen molar-refractivity contribution in [3.8, 4) is 0 Å². The first-order valence-corrected chi connectivity index (χ1v) is 4.28. The van der Waals surface area contributed by atoms with Crippen molar-refractivity contribution in [2.24, 2.45) is 0 Å². The number of hydrogen-bond acceptors (Lipinski definition) is 1. The van der Waals surface area contributed by atoms with Crippen LogP contribution in [0.3, 0.4) is 0 Å². The summed E-state index contributed by atoms with van der Waals surface area (Å²) in [7, 11) is -3.25. The Balaban J connectivity index is 3.22. The van der Waals surface area contributed by atoms with Crippen molar-refractivity contribution >= 4 is 15.7 Å². The fourth-order valence-electron chi connectivity index (χ4n) is 0.615. The molecule has 0 aliphatic rings. The summed E-state index contributed by atoms with van der Waals surface area (Å²) in [5, 5.41) is 0. The van der Waals surface area contributed by atoms with Crippen molar-refractivity contribution in [2.75, 3.05) is 0 Å². The highest BCUT2D eigenvalue weighted by Gasteiger charge is 2.09. The lowest BCUT2D eigenvalue weighted by Crippen LogP contribution is -1.95. The second-order valence-corrected chi connectivity index (χ2v) is 3.49. The molecule has 0 aromatic heterocycles. The van der Waals surface area contributed by atoms with Gasteiger partial charge in [-0.3, -0.25) is 4.55 Å². The maximum Gasteiger partial charge on any atom is 0.313 e. The first-order chi connectivity index (χ1) is 4.61. The number of benzene rings is 1. The third kappa shape index (κ3) is 1.54. The van der Waals surface area contributed by atoms with E-state index in [1.54, 1.807) is 18.2 Å². The second-order valence-electron chi connectivity index (χ2n) is 1.88. The van der Waals surface area contributed by atoms with Crippen LogP contribution in [0.15, 0.2) is 35.2 Å². The van der Waals surface area contributed by atoms with Gasteiger partial charge in [-0.25, -0.2) is 0 Å². The highest BCUT2D eigenvalue weighted by atomic mass is 32.2. The summed E-state index contributed by atoms with van der Waals surface area (Å²) in [6, 6.07) is 8.12. The van der Waals surface area contributed by atoms with Crippen LogP contribution >= 0.6 is 0 Å². The van der Waals surface area contributed by atoms with Gasteiger partial charge in [-0.2, -0.15) is 4.21 Å². The van der Waals surface area contributed by atoms with Crippen LogP contribution in [0.4, 0.5) is 0 Å². The molecule has 0 fully saturated rings. The largest absolute Gasteiger partial charge is 0.313 e. The van der Waals surface area contributed by atoms with E-state index in [-0.39, 0.29) is 4.90 Å². The molecule has 52 valence electrons. The topological polar surface area (TPSA) is 37.3 Å². The van der Waals surface area contributed by atoms with E-state index in [0.717, 1.165) is 0 Å². The maximum absolute atomic E-state index is 10.7. The van der Waals surface area contributed by atoms with Gasteiger partial charge >= 0.3 is 15.7 Å². The first-order valence-electron chi connectivity index (χ1n) is 2.70. The zero-order chi connectivity index (χ0) is 7.61. The van der Waals surface area contributed by atoms with Gasteiger partial charge in [-0.15, -0.1) is 0 Å². The quantitative estimate of drug-likeness (QED) is 0.487. The van der Waals surface area contributed by atoms with E-state index < -0.39 is 9.80 Å². The van der Waals surface area contributed by atoms with Crippen molar-refractivity contribution in [1.82, 2.24) is 0 Å². The average Bonchev–Trinajstić information content (AvgIpc) is 1.88. The van der Waals surface area contributed by atoms with Crippen LogP contribution in [-0.2, 0) is 9.80 Å². The average molecular weight is 155 g/mol. The second kappa shape index (κ2) is 2.39. The lowest BCUT2D eigenvalue weighted by molar-refractivity contribution is 0.560. The predicted octanol–water partition coefficient (Wildman–Crippen LogP) is 1.11. The third-order valence-electron chi connectivity index (χ3n) is 1.08. The maximum atomic E-state index is 10.7. The lowest BCUT2D eigenvalue weighted by atomic mass is 10.4. The molecule has 1 aromatic carbocycles. The molecule has 1 aromatic rings. The van der Waals surface area contributed by atoms with Crippen LogP contribution in [0.25, 0.3) is 0 Å². The van der Waals surface area contributed by atoms with Crippen molar-refractivity contribution in [3.63, 3.8) is 0 Å². The molecule has 3 heteroatoms. The zero-order valence-corrected chi connectivity index (χ0v) is 6.04. The molecule has 0 amide bonds. The molecule has 0 saturated carbocycles. The molecule has 0 spiro atoms. The molecule has 0 aliphatic heterocycles. The summed E-state index contributed by atoms with van der Waals surface area (Å²) in [5.41, 5.74) is 0. The fraction of sp³-hybridized carbons (Fsp3) is 0. The summed E-state index contributed by atoms with van der Waals surface area (Å²) in [4.78, 5) is 0.259. The van der Waals surface area contributed by atoms with Crippen LogP contribution in [0, 0.1) is 0 Å². The lowest BCUT2D eigenvalue weighted by Gasteiger charge is -1.89. The summed E-state index contributed by atoms with van der Waals surface area (Å²) in [5.74, 6) is 4.94. The van der Waals surface area contributed by atoms with E-state index in [2.05, 4.69) is 0 Å². The third-order valence-corrected chi connectivity index (χ3v) is 2.03. The molecule has 1 N–H and O–H groups in total. The SMILES string of the molecule is [CH+]=S(=O)(O)c1ccccc1. The van der Waals surface area contributed by atoms with E-state index >= 15 is 0 Å². The van der Waals surface area contributed by atoms with Crippen molar-refractivity contribution in [2.45, 2.75) is 4.90 Å². The Morgan fingerprint density at radius 2 is 1.80 bits per heavy atom. The zero-order valence-electron chi connectivity index (χ0n) is 5.23. The summed E-state index contributed by atoms with van der Waals surface area (Å²) < 4.78 is 19.5. The molecule has 0 aliphatic carbocycles. The van der Waals surface area contributed by atoms with Crippen molar-refractivity contribution < 1.29 is 8.76 Å². The first kappa shape index (κ1) is 7.22. The highest BCUT2D eigenvalue weighted by Crippen LogP contribution is 2.05. The van der Waals surface area contributed by atoms with Crippen LogP contribution in [0.5, 0.6) is 0 Å². The Kier molecular flexibility index (Phi) is 1.72. The summed E-state index contributed by atoms with van der Waals surface area (Å²) in [6.45, 7) is 0. The van der Waals surface area contributed by atoms with E-state index in [9.17, 15) is 4.21 Å². The minimum absolute atomic E-state index is 0.259. The molecule has 0 heterocycles. The standard InChI is InChI=1S/C7H6O2S/c1-10(8,9)7-5-3-2-4-6-7/h1-6H/p+1. The molecule has 2 nitrogen and oxygen atoms in total. The van der Waals surface area contributed by atoms with Crippen molar-refractivity contribution in [1.29, 1.82) is 0 Å². The Bertz CT molecular complexity index is 300. The van der Waals surface area contributed by atoms with Gasteiger partial charge in [0.05, 0.1) is 0 Å². The Morgan fingerprint density at radius 1 is 1.30 bits per heavy atom. The summed E-state index contributed by atoms with van der Waals surface area (Å²) >= 11 is 0. The van der Waals surface area contributed by atoms with Gasteiger partial charge in [0.1, 0.15) is 4.90 Å². The van der Waals surface area contributed by atoms with E-state index in [1.165, 1.54) is 12.1 Å². The molecule has 0 radical (unpaired) electrons. The smallest absolute Gasteiger partial charge is 0.273 e. The van der Waals surface area contributed by atoms with Gasteiger partial charge in [-0.1, -0.05) is 18.2 Å². The Morgan fingerprint density at radius 3 is 2.10 bits per heavy atom. The van der Waals surface area contributed by atoms with Gasteiger partial charge < -0.3 is 0 Å². The van der Waals surface area contributed by atoms with E-state index in [4.69, 9.17) is 10.4 Å². The minimum atomic E-state index is -3.25. The van der Waals surface area contributed by atoms with Crippen LogP contribution in [-0.4, -0.2) is 14.6 Å². The van der Waals surface area contributed by atoms with Crippen molar-refractivity contribution in [3.05, 3.63) is 30.3 Å². The molecule has 1 rings (SSSR count). The molecule has 1 atom stereocenters. The molecule has 0 bridgehead atoms. The number of hydrogen-bond donors (Lipinski definition) is 1. The van der Waals surface area contributed by atoms with Gasteiger partial charge in [0.25, 0.3) is 0 Å². The minimum Gasteiger partial charge on any atom is -0.273 e. The highest BCUT2D eigenvalue weighted by molar-refractivity contribution is 7.95. The van der Waals surface area contributed by atoms with Gasteiger partial charge in [0.2, 0.25) is 0 Å². The van der Waals surface area contributed by atoms with Gasteiger partial charge in [0, 0.05) is 0 Å². The fourth-order valence-corrected chi connectivity index (χ4v) is 1.16. The molecule has 1 unspecified atom stereocenters. The van der Waals surface area contributed by atoms with E-state index in [1.807, 2.05) is 0 Å². The Hall–Kier alpha value is -0.890. The predicted molar refractivity (Wildman–Crippen MR) is 41.5 cm³/mol. The molecular formula is C7H7O2S+. The summed E-state index contributed by atoms with van der Waals surface area (Å²) in [6.07, 6.45) is 0. The Labute approximate surface area is 60.3 Å². The molecular weight excluding hydrogens is 148 g/mol. The van der Waals surface area contributed by atoms with Crippen LogP contribution in [0.1, 0.15) is 0 Å². The monoisotopic (exact) mass is 155 g/mol. The molecule has 10 heavy (non-hydrogen) atoms. The normalized spacial score (nSPS) is 16.0. The van der Waals surface area contributed by atoms with Crippen LogP contribution in [0.2, 0.25) is 0 Å². The molecule has 0 saturated heterocycles.